The van der Waals surface area contributed by atoms with Crippen LogP contribution in [0.1, 0.15) is 55.8 Å². The van der Waals surface area contributed by atoms with Gasteiger partial charge in [0.05, 0.1) is 34.1 Å². The van der Waals surface area contributed by atoms with E-state index in [1.165, 1.54) is 24.8 Å². The average Bonchev–Trinajstić information content (AvgIpc) is 3.23. The van der Waals surface area contributed by atoms with Gasteiger partial charge in [-0.1, -0.05) is 29.7 Å². The molecule has 26 heavy (non-hydrogen) atoms. The molecule has 2 aromatic rings. The van der Waals surface area contributed by atoms with E-state index in [0.29, 0.717) is 5.02 Å². The third-order valence-electron chi connectivity index (χ3n) is 6.14. The zero-order chi connectivity index (χ0) is 17.7. The van der Waals surface area contributed by atoms with Crippen LogP contribution in [-0.4, -0.2) is 34.4 Å². The average molecular weight is 371 g/mol. The lowest BCUT2D eigenvalue weighted by molar-refractivity contribution is 0.341. The van der Waals surface area contributed by atoms with E-state index in [2.05, 4.69) is 33.1 Å². The molecule has 0 bridgehead atoms. The fourth-order valence-corrected chi connectivity index (χ4v) is 4.80. The lowest BCUT2D eigenvalue weighted by Crippen LogP contribution is -2.45. The van der Waals surface area contributed by atoms with E-state index in [9.17, 15) is 0 Å². The number of rotatable bonds is 2. The Hall–Kier alpha value is -1.92. The summed E-state index contributed by atoms with van der Waals surface area (Å²) in [6.45, 7) is 1.04. The molecule has 1 saturated heterocycles. The van der Waals surface area contributed by atoms with Crippen LogP contribution in [0.5, 0.6) is 0 Å². The summed E-state index contributed by atoms with van der Waals surface area (Å²) in [6, 6.07) is 4.42. The van der Waals surface area contributed by atoms with Crippen molar-refractivity contribution in [3.63, 3.8) is 0 Å². The number of piperidine rings is 1. The van der Waals surface area contributed by atoms with Crippen LogP contribution in [0.15, 0.2) is 23.3 Å². The van der Waals surface area contributed by atoms with Crippen molar-refractivity contribution in [1.29, 1.82) is 0 Å². The second-order valence-corrected chi connectivity index (χ2v) is 7.96. The molecule has 2 aliphatic heterocycles. The van der Waals surface area contributed by atoms with Crippen molar-refractivity contribution in [3.8, 4) is 5.69 Å². The number of benzene rings is 1. The highest BCUT2D eigenvalue weighted by molar-refractivity contribution is 6.32. The first kappa shape index (κ1) is 16.3. The summed E-state index contributed by atoms with van der Waals surface area (Å²) in [4.78, 5) is 4.84. The van der Waals surface area contributed by atoms with Crippen molar-refractivity contribution in [3.05, 3.63) is 34.6 Å². The molecule has 1 aromatic carbocycles. The third kappa shape index (κ3) is 2.32. The number of amidine groups is 1. The minimum Gasteiger partial charge on any atom is -0.376 e. The number of aliphatic imine (C=N–C) groups is 1. The van der Waals surface area contributed by atoms with E-state index < -0.39 is 0 Å². The number of hydrogen-bond donors (Lipinski definition) is 2. The van der Waals surface area contributed by atoms with Gasteiger partial charge in [-0.3, -0.25) is 0 Å². The van der Waals surface area contributed by atoms with Crippen LogP contribution < -0.4 is 10.6 Å². The topological polar surface area (TPSA) is 67.1 Å². The Morgan fingerprint density at radius 1 is 1.27 bits per heavy atom. The summed E-state index contributed by atoms with van der Waals surface area (Å²) in [6.07, 6.45) is 9.07. The SMILES string of the molecule is CNC1=Nc2cc(-n3cc(C4CCCCN4)nn3)c(Cl)cc2C12CCC2. The second-order valence-electron chi connectivity index (χ2n) is 7.56. The summed E-state index contributed by atoms with van der Waals surface area (Å²) in [5, 5.41) is 16.2. The van der Waals surface area contributed by atoms with Crippen LogP contribution in [-0.2, 0) is 5.41 Å². The first-order valence-electron chi connectivity index (χ1n) is 9.48. The predicted molar refractivity (Wildman–Crippen MR) is 103 cm³/mol. The van der Waals surface area contributed by atoms with E-state index >= 15 is 0 Å². The van der Waals surface area contributed by atoms with Crippen molar-refractivity contribution in [2.24, 2.45) is 4.99 Å². The summed E-state index contributed by atoms with van der Waals surface area (Å²) in [5.74, 6) is 1.07. The van der Waals surface area contributed by atoms with Gasteiger partial charge < -0.3 is 10.6 Å². The second kappa shape index (κ2) is 6.06. The van der Waals surface area contributed by atoms with Gasteiger partial charge in [0.25, 0.3) is 0 Å². The number of aromatic nitrogens is 3. The Bertz CT molecular complexity index is 876. The molecular weight excluding hydrogens is 348 g/mol. The van der Waals surface area contributed by atoms with Gasteiger partial charge in [-0.25, -0.2) is 9.67 Å². The van der Waals surface area contributed by atoms with Crippen molar-refractivity contribution in [1.82, 2.24) is 25.6 Å². The van der Waals surface area contributed by atoms with Crippen molar-refractivity contribution < 1.29 is 0 Å². The van der Waals surface area contributed by atoms with Crippen LogP contribution >= 0.6 is 11.6 Å². The van der Waals surface area contributed by atoms with E-state index in [4.69, 9.17) is 16.6 Å². The maximum absolute atomic E-state index is 6.66. The van der Waals surface area contributed by atoms with Gasteiger partial charge >= 0.3 is 0 Å². The van der Waals surface area contributed by atoms with Crippen LogP contribution in [0, 0.1) is 0 Å². The maximum atomic E-state index is 6.66. The number of fused-ring (bicyclic) bond motifs is 2. The Kier molecular flexibility index (Phi) is 3.79. The Labute approximate surface area is 158 Å². The maximum Gasteiger partial charge on any atom is 0.113 e. The van der Waals surface area contributed by atoms with E-state index in [1.807, 2.05) is 13.2 Å². The van der Waals surface area contributed by atoms with Crippen molar-refractivity contribution in [2.75, 3.05) is 13.6 Å². The molecule has 1 spiro atoms. The molecule has 1 saturated carbocycles. The van der Waals surface area contributed by atoms with Crippen LogP contribution in [0.4, 0.5) is 5.69 Å². The van der Waals surface area contributed by atoms with Crippen molar-refractivity contribution >= 4 is 23.1 Å². The lowest BCUT2D eigenvalue weighted by atomic mass is 9.64. The Balaban J connectivity index is 1.51. The molecule has 1 atom stereocenters. The first-order valence-corrected chi connectivity index (χ1v) is 9.86. The number of nitrogens with one attached hydrogen (secondary N) is 2. The highest BCUT2D eigenvalue weighted by Gasteiger charge is 2.48. The predicted octanol–water partition coefficient (Wildman–Crippen LogP) is 3.42. The van der Waals surface area contributed by atoms with Gasteiger partial charge in [0.2, 0.25) is 0 Å². The molecule has 6 nitrogen and oxygen atoms in total. The van der Waals surface area contributed by atoms with Gasteiger partial charge in [0, 0.05) is 7.05 Å². The monoisotopic (exact) mass is 370 g/mol. The molecule has 0 radical (unpaired) electrons. The molecule has 0 amide bonds. The minimum atomic E-state index is 0.0474. The standard InChI is InChI=1S/C19H23ClN6/c1-21-18-19(6-4-7-19)12-9-13(20)17(10-15(12)23-18)26-11-16(24-25-26)14-5-2-3-8-22-14/h9-11,14,22H,2-8H2,1H3,(H,21,23). The summed E-state index contributed by atoms with van der Waals surface area (Å²) in [5.41, 5.74) is 4.12. The molecule has 2 N–H and O–H groups in total. The normalized spacial score (nSPS) is 23.5. The van der Waals surface area contributed by atoms with Crippen LogP contribution in [0.2, 0.25) is 5.02 Å². The molecule has 5 rings (SSSR count). The molecule has 1 unspecified atom stereocenters. The summed E-state index contributed by atoms with van der Waals surface area (Å²) in [7, 11) is 1.95. The van der Waals surface area contributed by atoms with Gasteiger partial charge in [0.1, 0.15) is 11.5 Å². The molecule has 3 heterocycles. The fraction of sp³-hybridized carbons (Fsp3) is 0.526. The number of likely N-dealkylation sites (N-methyl/N-ethyl adjacent to an activating group) is 1. The molecule has 7 heteroatoms. The Morgan fingerprint density at radius 3 is 2.85 bits per heavy atom. The van der Waals surface area contributed by atoms with Gasteiger partial charge in [-0.2, -0.15) is 0 Å². The highest BCUT2D eigenvalue weighted by Crippen LogP contribution is 2.53. The highest BCUT2D eigenvalue weighted by atomic mass is 35.5. The van der Waals surface area contributed by atoms with Crippen molar-refractivity contribution in [2.45, 2.75) is 50.0 Å². The molecule has 2 fully saturated rings. The summed E-state index contributed by atoms with van der Waals surface area (Å²) < 4.78 is 1.79. The fourth-order valence-electron chi connectivity index (χ4n) is 4.55. The minimum absolute atomic E-state index is 0.0474. The molecular formula is C19H23ClN6. The van der Waals surface area contributed by atoms with Crippen LogP contribution in [0.3, 0.4) is 0 Å². The zero-order valence-corrected chi connectivity index (χ0v) is 15.7. The third-order valence-corrected chi connectivity index (χ3v) is 6.44. The van der Waals surface area contributed by atoms with Gasteiger partial charge in [-0.15, -0.1) is 5.10 Å². The molecule has 1 aliphatic carbocycles. The van der Waals surface area contributed by atoms with E-state index in [0.717, 1.165) is 48.7 Å². The quantitative estimate of drug-likeness (QED) is 0.850. The van der Waals surface area contributed by atoms with Gasteiger partial charge in [-0.05, 0) is 49.9 Å². The number of nitrogens with zero attached hydrogens (tertiary/aromatic N) is 4. The largest absolute Gasteiger partial charge is 0.376 e. The zero-order valence-electron chi connectivity index (χ0n) is 14.9. The molecule has 3 aliphatic rings. The lowest BCUT2D eigenvalue weighted by Gasteiger charge is -2.40. The van der Waals surface area contributed by atoms with Gasteiger partial charge in [0.15, 0.2) is 0 Å². The first-order chi connectivity index (χ1) is 12.7. The molecule has 136 valence electrons. The number of hydrogen-bond acceptors (Lipinski definition) is 5. The van der Waals surface area contributed by atoms with E-state index in [-0.39, 0.29) is 11.5 Å². The summed E-state index contributed by atoms with van der Waals surface area (Å²) >= 11 is 6.66. The van der Waals surface area contributed by atoms with Crippen LogP contribution in [0.25, 0.3) is 5.69 Å². The smallest absolute Gasteiger partial charge is 0.113 e. The molecule has 1 aromatic heterocycles. The number of halogens is 1. The van der Waals surface area contributed by atoms with E-state index in [1.54, 1.807) is 4.68 Å². The Morgan fingerprint density at radius 2 is 2.15 bits per heavy atom.